The fourth-order valence-corrected chi connectivity index (χ4v) is 2.26. The van der Waals surface area contributed by atoms with Gasteiger partial charge in [-0.3, -0.25) is 0 Å². The quantitative estimate of drug-likeness (QED) is 0.680. The van der Waals surface area contributed by atoms with Gasteiger partial charge in [-0.05, 0) is 27.2 Å². The summed E-state index contributed by atoms with van der Waals surface area (Å²) in [5, 5.41) is 0. The maximum Gasteiger partial charge on any atom is 0.218 e. The van der Waals surface area contributed by atoms with Crippen LogP contribution in [0.4, 0.5) is 0 Å². The lowest BCUT2D eigenvalue weighted by Crippen LogP contribution is -2.40. The van der Waals surface area contributed by atoms with Crippen LogP contribution in [0.2, 0.25) is 0 Å². The summed E-state index contributed by atoms with van der Waals surface area (Å²) in [6.07, 6.45) is 0.853. The smallest absolute Gasteiger partial charge is 0.212 e. The Labute approximate surface area is 75.8 Å². The third-order valence-electron chi connectivity index (χ3n) is 1.72. The lowest BCUT2D eigenvalue weighted by molar-refractivity contribution is 0.444. The molecule has 0 rings (SSSR count). The van der Waals surface area contributed by atoms with Gasteiger partial charge in [0.15, 0.2) is 0 Å². The highest BCUT2D eigenvalue weighted by Gasteiger charge is 2.32. The molecule has 0 N–H and O–H groups in total. The van der Waals surface area contributed by atoms with E-state index in [1.54, 1.807) is 27.8 Å². The molecule has 3 nitrogen and oxygen atoms in total. The van der Waals surface area contributed by atoms with Gasteiger partial charge in [0.25, 0.3) is 0 Å². The van der Waals surface area contributed by atoms with Crippen molar-refractivity contribution in [2.75, 3.05) is 13.6 Å². The van der Waals surface area contributed by atoms with Crippen LogP contribution in [-0.4, -0.2) is 31.1 Å². The van der Waals surface area contributed by atoms with E-state index in [1.165, 1.54) is 4.31 Å². The minimum atomic E-state index is -3.11. The predicted molar refractivity (Wildman–Crippen MR) is 51.6 cm³/mol. The van der Waals surface area contributed by atoms with Crippen molar-refractivity contribution < 1.29 is 8.42 Å². The van der Waals surface area contributed by atoms with Crippen LogP contribution in [0.5, 0.6) is 0 Å². The molecule has 0 aliphatic carbocycles. The average molecular weight is 193 g/mol. The Balaban J connectivity index is 4.64. The van der Waals surface area contributed by atoms with Crippen LogP contribution < -0.4 is 0 Å². The van der Waals surface area contributed by atoms with Crippen LogP contribution in [-0.2, 0) is 10.0 Å². The summed E-state index contributed by atoms with van der Waals surface area (Å²) in [6.45, 7) is 7.71. The van der Waals surface area contributed by atoms with E-state index in [-0.39, 0.29) is 0 Å². The standard InChI is InChI=1S/C8H19NO2S/c1-6-7-9(5)12(10,11)8(2,3)4/h6-7H2,1-5H3. The molecule has 4 heteroatoms. The van der Waals surface area contributed by atoms with Gasteiger partial charge in [0, 0.05) is 13.6 Å². The van der Waals surface area contributed by atoms with Gasteiger partial charge in [-0.25, -0.2) is 12.7 Å². The van der Waals surface area contributed by atoms with Gasteiger partial charge in [-0.1, -0.05) is 6.92 Å². The van der Waals surface area contributed by atoms with Crippen LogP contribution in [0.3, 0.4) is 0 Å². The highest BCUT2D eigenvalue weighted by atomic mass is 32.2. The number of rotatable bonds is 3. The van der Waals surface area contributed by atoms with Crippen LogP contribution in [0.1, 0.15) is 34.1 Å². The van der Waals surface area contributed by atoms with Gasteiger partial charge in [0.2, 0.25) is 10.0 Å². The summed E-state index contributed by atoms with van der Waals surface area (Å²) >= 11 is 0. The van der Waals surface area contributed by atoms with Crippen molar-refractivity contribution in [1.82, 2.24) is 4.31 Å². The number of hydrogen-bond donors (Lipinski definition) is 0. The van der Waals surface area contributed by atoms with Crippen LogP contribution in [0.15, 0.2) is 0 Å². The van der Waals surface area contributed by atoms with Crippen molar-refractivity contribution in [3.8, 4) is 0 Å². The molecule has 0 aliphatic heterocycles. The predicted octanol–water partition coefficient (Wildman–Crippen LogP) is 1.46. The number of sulfonamides is 1. The van der Waals surface area contributed by atoms with Crippen molar-refractivity contribution in [3.63, 3.8) is 0 Å². The topological polar surface area (TPSA) is 37.4 Å². The molecular formula is C8H19NO2S. The first kappa shape index (κ1) is 11.9. The first-order valence-electron chi connectivity index (χ1n) is 4.19. The summed E-state index contributed by atoms with van der Waals surface area (Å²) in [5.74, 6) is 0. The van der Waals surface area contributed by atoms with E-state index in [4.69, 9.17) is 0 Å². The molecule has 0 saturated carbocycles. The summed E-state index contributed by atoms with van der Waals surface area (Å²) in [6, 6.07) is 0. The third-order valence-corrected chi connectivity index (χ3v) is 4.27. The molecule has 0 heterocycles. The molecule has 0 saturated heterocycles. The van der Waals surface area contributed by atoms with E-state index in [0.717, 1.165) is 6.42 Å². The fourth-order valence-electron chi connectivity index (χ4n) is 0.903. The van der Waals surface area contributed by atoms with E-state index in [9.17, 15) is 8.42 Å². The number of hydrogen-bond acceptors (Lipinski definition) is 2. The number of nitrogens with zero attached hydrogens (tertiary/aromatic N) is 1. The maximum atomic E-state index is 11.7. The Bertz CT molecular complexity index is 226. The Morgan fingerprint density at radius 2 is 1.67 bits per heavy atom. The molecule has 0 aromatic heterocycles. The Kier molecular flexibility index (Phi) is 3.72. The summed E-state index contributed by atoms with van der Waals surface area (Å²) < 4.78 is 24.1. The summed E-state index contributed by atoms with van der Waals surface area (Å²) in [5.41, 5.74) is 0. The van der Waals surface area contributed by atoms with E-state index in [1.807, 2.05) is 6.92 Å². The Hall–Kier alpha value is -0.0900. The Morgan fingerprint density at radius 1 is 1.25 bits per heavy atom. The largest absolute Gasteiger partial charge is 0.218 e. The summed E-state index contributed by atoms with van der Waals surface area (Å²) in [4.78, 5) is 0. The van der Waals surface area contributed by atoms with E-state index >= 15 is 0 Å². The normalized spacial score (nSPS) is 13.8. The monoisotopic (exact) mass is 193 g/mol. The molecule has 0 bridgehead atoms. The minimum absolute atomic E-state index is 0.597. The zero-order chi connectivity index (χ0) is 9.99. The van der Waals surface area contributed by atoms with Crippen molar-refractivity contribution >= 4 is 10.0 Å². The SMILES string of the molecule is CCCN(C)S(=O)(=O)C(C)(C)C. The van der Waals surface area contributed by atoms with E-state index < -0.39 is 14.8 Å². The van der Waals surface area contributed by atoms with Crippen molar-refractivity contribution in [1.29, 1.82) is 0 Å². The van der Waals surface area contributed by atoms with Gasteiger partial charge < -0.3 is 0 Å². The van der Waals surface area contributed by atoms with Crippen LogP contribution in [0, 0.1) is 0 Å². The molecule has 0 atom stereocenters. The van der Waals surface area contributed by atoms with Gasteiger partial charge in [-0.15, -0.1) is 0 Å². The fraction of sp³-hybridized carbons (Fsp3) is 1.00. The molecular weight excluding hydrogens is 174 g/mol. The molecule has 0 spiro atoms. The highest BCUT2D eigenvalue weighted by Crippen LogP contribution is 2.18. The Morgan fingerprint density at radius 3 is 1.92 bits per heavy atom. The molecule has 74 valence electrons. The second kappa shape index (κ2) is 3.75. The first-order chi connectivity index (χ1) is 5.23. The highest BCUT2D eigenvalue weighted by molar-refractivity contribution is 7.90. The van der Waals surface area contributed by atoms with Gasteiger partial charge in [-0.2, -0.15) is 0 Å². The zero-order valence-corrected chi connectivity index (χ0v) is 9.40. The molecule has 0 aromatic rings. The van der Waals surface area contributed by atoms with Gasteiger partial charge >= 0.3 is 0 Å². The maximum absolute atomic E-state index is 11.7. The third kappa shape index (κ3) is 2.45. The molecule has 0 radical (unpaired) electrons. The lowest BCUT2D eigenvalue weighted by atomic mass is 10.3. The van der Waals surface area contributed by atoms with Crippen molar-refractivity contribution in [3.05, 3.63) is 0 Å². The van der Waals surface area contributed by atoms with Gasteiger partial charge in [0.1, 0.15) is 0 Å². The second-order valence-electron chi connectivity index (χ2n) is 3.94. The first-order valence-corrected chi connectivity index (χ1v) is 5.63. The van der Waals surface area contributed by atoms with E-state index in [2.05, 4.69) is 0 Å². The average Bonchev–Trinajstić information content (AvgIpc) is 1.85. The minimum Gasteiger partial charge on any atom is -0.212 e. The van der Waals surface area contributed by atoms with Crippen molar-refractivity contribution in [2.24, 2.45) is 0 Å². The molecule has 12 heavy (non-hydrogen) atoms. The second-order valence-corrected chi connectivity index (χ2v) is 6.74. The lowest BCUT2D eigenvalue weighted by Gasteiger charge is -2.26. The molecule has 0 aliphatic rings. The molecule has 0 unspecified atom stereocenters. The van der Waals surface area contributed by atoms with Crippen LogP contribution in [0.25, 0.3) is 0 Å². The summed E-state index contributed by atoms with van der Waals surface area (Å²) in [7, 11) is -1.48. The molecule has 0 amide bonds. The molecule has 0 fully saturated rings. The van der Waals surface area contributed by atoms with E-state index in [0.29, 0.717) is 6.54 Å². The van der Waals surface area contributed by atoms with Crippen LogP contribution >= 0.6 is 0 Å². The zero-order valence-electron chi connectivity index (χ0n) is 8.59. The van der Waals surface area contributed by atoms with Gasteiger partial charge in [0.05, 0.1) is 4.75 Å². The molecule has 0 aromatic carbocycles. The van der Waals surface area contributed by atoms with Crippen molar-refractivity contribution in [2.45, 2.75) is 38.9 Å².